The molecule has 1 aromatic carbocycles. The molecular formula is C29H37N5O5S. The van der Waals surface area contributed by atoms with Gasteiger partial charge in [0.2, 0.25) is 11.8 Å². The Balaban J connectivity index is 1.28. The van der Waals surface area contributed by atoms with E-state index in [9.17, 15) is 19.2 Å². The third-order valence-corrected chi connectivity index (χ3v) is 8.04. The van der Waals surface area contributed by atoms with Gasteiger partial charge in [0.25, 0.3) is 0 Å². The minimum absolute atomic E-state index is 0.0419. The van der Waals surface area contributed by atoms with Crippen LogP contribution in [0.15, 0.2) is 46.8 Å². The van der Waals surface area contributed by atoms with Crippen LogP contribution in [0.1, 0.15) is 67.8 Å². The topological polar surface area (TPSA) is 143 Å². The maximum absolute atomic E-state index is 13.2. The first-order valence-electron chi connectivity index (χ1n) is 13.4. The fourth-order valence-electron chi connectivity index (χ4n) is 4.94. The molecule has 4 N–H and O–H groups in total. The summed E-state index contributed by atoms with van der Waals surface area (Å²) in [6, 6.07) is 10.3. The Morgan fingerprint density at radius 3 is 2.55 bits per heavy atom. The van der Waals surface area contributed by atoms with Gasteiger partial charge in [-0.05, 0) is 45.1 Å². The standard InChI is InChI=1S/C29H37N5O5S/c1-28(2,3)39-27(38)31-11-10-24(36)34-21(13-29(4)14-23(29)34)26(37)33-15-20-12-19(17-40-20)25(30)32-16-22(35)18-8-6-5-7-9-18/h5-9,12,17,21,23H,10-11,13-16H2,1-4H3,(H2,30,32)(H,31,38)(H,33,37)/t21-,23-,29+/m0/s1. The number of piperidine rings is 1. The summed E-state index contributed by atoms with van der Waals surface area (Å²) < 4.78 is 5.21. The second-order valence-corrected chi connectivity index (χ2v) is 12.6. The first-order valence-corrected chi connectivity index (χ1v) is 14.3. The predicted molar refractivity (Wildman–Crippen MR) is 153 cm³/mol. The maximum atomic E-state index is 13.2. The van der Waals surface area contributed by atoms with Gasteiger partial charge in [-0.2, -0.15) is 0 Å². The number of amides is 3. The SMILES string of the molecule is CC(C)(C)OC(=O)NCCC(=O)N1[C@H]2C[C@@]2(C)C[C@H]1C(=O)NCc1cc(C(N)=NCC(=O)c2ccccc2)cs1. The van der Waals surface area contributed by atoms with E-state index in [0.717, 1.165) is 11.3 Å². The molecule has 4 rings (SSSR count). The quantitative estimate of drug-likeness (QED) is 0.229. The number of amidine groups is 1. The Labute approximate surface area is 238 Å². The number of alkyl carbamates (subject to hydrolysis) is 1. The van der Waals surface area contributed by atoms with Crippen LogP contribution in [0.4, 0.5) is 4.79 Å². The van der Waals surface area contributed by atoms with E-state index >= 15 is 0 Å². The van der Waals surface area contributed by atoms with E-state index in [-0.39, 0.29) is 54.4 Å². The van der Waals surface area contributed by atoms with Gasteiger partial charge in [-0.25, -0.2) is 4.79 Å². The maximum Gasteiger partial charge on any atom is 0.407 e. The lowest BCUT2D eigenvalue weighted by Crippen LogP contribution is -2.48. The summed E-state index contributed by atoms with van der Waals surface area (Å²) in [5.74, 6) is -0.213. The van der Waals surface area contributed by atoms with Crippen molar-refractivity contribution in [3.63, 3.8) is 0 Å². The molecule has 0 unspecified atom stereocenters. The van der Waals surface area contributed by atoms with Crippen LogP contribution < -0.4 is 16.4 Å². The molecule has 3 amide bonds. The fourth-order valence-corrected chi connectivity index (χ4v) is 5.76. The lowest BCUT2D eigenvalue weighted by Gasteiger charge is -2.27. The molecule has 2 aromatic rings. The highest BCUT2D eigenvalue weighted by molar-refractivity contribution is 7.10. The largest absolute Gasteiger partial charge is 0.444 e. The zero-order valence-electron chi connectivity index (χ0n) is 23.4. The van der Waals surface area contributed by atoms with E-state index in [1.807, 2.05) is 17.5 Å². The molecule has 2 fully saturated rings. The van der Waals surface area contributed by atoms with Crippen molar-refractivity contribution in [2.75, 3.05) is 13.1 Å². The van der Waals surface area contributed by atoms with Crippen LogP contribution in [0.5, 0.6) is 0 Å². The van der Waals surface area contributed by atoms with E-state index in [0.29, 0.717) is 24.1 Å². The van der Waals surface area contributed by atoms with Crippen molar-refractivity contribution in [3.8, 4) is 0 Å². The molecule has 1 aliphatic carbocycles. The number of hydrogen-bond donors (Lipinski definition) is 3. The number of nitrogens with zero attached hydrogens (tertiary/aromatic N) is 2. The van der Waals surface area contributed by atoms with Gasteiger partial charge in [-0.1, -0.05) is 37.3 Å². The second-order valence-electron chi connectivity index (χ2n) is 11.6. The third kappa shape index (κ3) is 7.26. The molecule has 40 heavy (non-hydrogen) atoms. The van der Waals surface area contributed by atoms with Crippen LogP contribution >= 0.6 is 11.3 Å². The van der Waals surface area contributed by atoms with Gasteiger partial charge in [0, 0.05) is 40.4 Å². The second kappa shape index (κ2) is 11.8. The highest BCUT2D eigenvalue weighted by Crippen LogP contribution is 2.59. The van der Waals surface area contributed by atoms with Crippen LogP contribution in [0.3, 0.4) is 0 Å². The Morgan fingerprint density at radius 1 is 1.12 bits per heavy atom. The summed E-state index contributed by atoms with van der Waals surface area (Å²) in [6.07, 6.45) is 1.01. The number of ketones is 1. The predicted octanol–water partition coefficient (Wildman–Crippen LogP) is 3.25. The molecule has 1 aliphatic heterocycles. The van der Waals surface area contributed by atoms with Crippen LogP contribution in [-0.2, 0) is 20.9 Å². The van der Waals surface area contributed by atoms with Crippen molar-refractivity contribution in [2.45, 2.75) is 71.2 Å². The third-order valence-electron chi connectivity index (χ3n) is 7.11. The average molecular weight is 568 g/mol. The zero-order valence-corrected chi connectivity index (χ0v) is 24.2. The number of aliphatic imine (C=N–C) groups is 1. The zero-order chi connectivity index (χ0) is 29.1. The Bertz CT molecular complexity index is 1300. The molecule has 0 bridgehead atoms. The van der Waals surface area contributed by atoms with E-state index in [1.165, 1.54) is 11.3 Å². The Kier molecular flexibility index (Phi) is 8.62. The van der Waals surface area contributed by atoms with Crippen molar-refractivity contribution < 1.29 is 23.9 Å². The highest BCUT2D eigenvalue weighted by atomic mass is 32.1. The average Bonchev–Trinajstić information content (AvgIpc) is 3.22. The highest BCUT2D eigenvalue weighted by Gasteiger charge is 2.64. The van der Waals surface area contributed by atoms with Gasteiger partial charge in [0.15, 0.2) is 5.78 Å². The van der Waals surface area contributed by atoms with Gasteiger partial charge >= 0.3 is 6.09 Å². The number of rotatable bonds is 10. The van der Waals surface area contributed by atoms with Crippen LogP contribution in [-0.4, -0.2) is 65.2 Å². The molecule has 2 heterocycles. The number of carbonyl (C=O) groups is 4. The van der Waals surface area contributed by atoms with Crippen molar-refractivity contribution in [1.29, 1.82) is 0 Å². The molecule has 1 saturated carbocycles. The molecular weight excluding hydrogens is 530 g/mol. The number of hydrogen-bond acceptors (Lipinski definition) is 7. The van der Waals surface area contributed by atoms with E-state index < -0.39 is 17.7 Å². The number of Topliss-reactive ketones (excluding diaryl/α,β-unsaturated/α-hetero) is 1. The van der Waals surface area contributed by atoms with Crippen LogP contribution in [0, 0.1) is 5.41 Å². The van der Waals surface area contributed by atoms with Gasteiger partial charge < -0.3 is 26.0 Å². The van der Waals surface area contributed by atoms with Crippen LogP contribution in [0.25, 0.3) is 0 Å². The molecule has 0 radical (unpaired) electrons. The molecule has 11 heteroatoms. The normalized spacial score (nSPS) is 21.9. The number of nitrogens with two attached hydrogens (primary N) is 1. The number of likely N-dealkylation sites (tertiary alicyclic amines) is 1. The van der Waals surface area contributed by atoms with E-state index in [2.05, 4.69) is 22.5 Å². The molecule has 2 aliphatic rings. The monoisotopic (exact) mass is 567 g/mol. The number of nitrogens with one attached hydrogen (secondary N) is 2. The fraction of sp³-hybridized carbons (Fsp3) is 0.483. The lowest BCUT2D eigenvalue weighted by atomic mass is 10.0. The van der Waals surface area contributed by atoms with Crippen molar-refractivity contribution in [3.05, 3.63) is 57.8 Å². The summed E-state index contributed by atoms with van der Waals surface area (Å²) in [6.45, 7) is 7.80. The Morgan fingerprint density at radius 2 is 1.85 bits per heavy atom. The number of ether oxygens (including phenoxy) is 1. The van der Waals surface area contributed by atoms with Crippen LogP contribution in [0.2, 0.25) is 0 Å². The molecule has 1 saturated heterocycles. The lowest BCUT2D eigenvalue weighted by molar-refractivity contribution is -0.139. The number of thiophene rings is 1. The minimum atomic E-state index is -0.620. The van der Waals surface area contributed by atoms with Crippen molar-refractivity contribution in [1.82, 2.24) is 15.5 Å². The van der Waals surface area contributed by atoms with E-state index in [4.69, 9.17) is 10.5 Å². The van der Waals surface area contributed by atoms with Gasteiger partial charge in [-0.3, -0.25) is 19.4 Å². The molecule has 214 valence electrons. The molecule has 0 spiro atoms. The van der Waals surface area contributed by atoms with E-state index in [1.54, 1.807) is 49.9 Å². The van der Waals surface area contributed by atoms with Gasteiger partial charge in [-0.15, -0.1) is 11.3 Å². The number of benzene rings is 1. The van der Waals surface area contributed by atoms with Gasteiger partial charge in [0.1, 0.15) is 24.0 Å². The summed E-state index contributed by atoms with van der Waals surface area (Å²) in [7, 11) is 0. The van der Waals surface area contributed by atoms with Crippen molar-refractivity contribution >= 4 is 40.9 Å². The summed E-state index contributed by atoms with van der Waals surface area (Å²) in [5.41, 5.74) is 6.71. The Hall–Kier alpha value is -3.73. The minimum Gasteiger partial charge on any atom is -0.444 e. The van der Waals surface area contributed by atoms with Crippen molar-refractivity contribution in [2.24, 2.45) is 16.1 Å². The first kappa shape index (κ1) is 29.3. The molecule has 3 atom stereocenters. The summed E-state index contributed by atoms with van der Waals surface area (Å²) in [5, 5.41) is 7.41. The number of fused-ring (bicyclic) bond motifs is 1. The first-order chi connectivity index (χ1) is 18.9. The molecule has 10 nitrogen and oxygen atoms in total. The molecule has 1 aromatic heterocycles. The summed E-state index contributed by atoms with van der Waals surface area (Å²) >= 11 is 1.43. The smallest absolute Gasteiger partial charge is 0.407 e. The number of carbonyl (C=O) groups excluding carboxylic acids is 4. The summed E-state index contributed by atoms with van der Waals surface area (Å²) in [4.78, 5) is 57.2. The van der Waals surface area contributed by atoms with Gasteiger partial charge in [0.05, 0.1) is 6.54 Å².